The Hall–Kier alpha value is -2.80. The Balaban J connectivity index is 1.68. The van der Waals surface area contributed by atoms with Gasteiger partial charge in [0.2, 0.25) is 26.5 Å². The lowest BCUT2D eigenvalue weighted by Crippen LogP contribution is -2.47. The predicted molar refractivity (Wildman–Crippen MR) is 118 cm³/mol. The summed E-state index contributed by atoms with van der Waals surface area (Å²) in [5.74, 6) is -0.461. The summed E-state index contributed by atoms with van der Waals surface area (Å²) in [7, 11) is -4.43. The number of anilines is 1. The van der Waals surface area contributed by atoms with Crippen LogP contribution in [0.2, 0.25) is 0 Å². The number of hydrogen-bond acceptors (Lipinski definition) is 6. The molecule has 0 atom stereocenters. The molecule has 0 bridgehead atoms. The summed E-state index contributed by atoms with van der Waals surface area (Å²) >= 11 is 0. The first-order valence-corrected chi connectivity index (χ1v) is 12.6. The van der Waals surface area contributed by atoms with E-state index in [9.17, 15) is 26.4 Å². The van der Waals surface area contributed by atoms with Crippen LogP contribution in [0.3, 0.4) is 0 Å². The molecule has 0 spiro atoms. The number of sulfonamides is 2. The first kappa shape index (κ1) is 23.9. The van der Waals surface area contributed by atoms with Gasteiger partial charge in [-0.2, -0.15) is 4.31 Å². The van der Waals surface area contributed by atoms with Crippen molar-refractivity contribution in [2.45, 2.75) is 9.79 Å². The molecule has 0 saturated carbocycles. The number of piperazine rings is 1. The maximum absolute atomic E-state index is 12.8. The molecule has 172 valence electrons. The van der Waals surface area contributed by atoms with Gasteiger partial charge >= 0.3 is 0 Å². The maximum Gasteiger partial charge on any atom is 0.255 e. The van der Waals surface area contributed by atoms with E-state index in [1.165, 1.54) is 71.8 Å². The lowest BCUT2D eigenvalue weighted by molar-refractivity contribution is -0.119. The van der Waals surface area contributed by atoms with Crippen LogP contribution in [0.4, 0.5) is 5.69 Å². The van der Waals surface area contributed by atoms with Gasteiger partial charge in [-0.1, -0.05) is 0 Å². The van der Waals surface area contributed by atoms with Gasteiger partial charge in [0.1, 0.15) is 0 Å². The predicted octanol–water partition coefficient (Wildman–Crippen LogP) is 0.652. The van der Waals surface area contributed by atoms with Crippen molar-refractivity contribution >= 4 is 38.1 Å². The van der Waals surface area contributed by atoms with E-state index in [2.05, 4.69) is 5.32 Å². The highest BCUT2D eigenvalue weighted by Crippen LogP contribution is 2.20. The molecule has 1 fully saturated rings. The Bertz CT molecular complexity index is 1190. The van der Waals surface area contributed by atoms with Crippen molar-refractivity contribution in [3.63, 3.8) is 0 Å². The summed E-state index contributed by atoms with van der Waals surface area (Å²) in [5, 5.41) is 2.65. The minimum absolute atomic E-state index is 0.0619. The highest BCUT2D eigenvalue weighted by atomic mass is 32.2. The lowest BCUT2D eigenvalue weighted by atomic mass is 10.2. The number of benzene rings is 2. The Morgan fingerprint density at radius 3 is 1.91 bits per heavy atom. The number of nitrogens with one attached hydrogen (secondary N) is 1. The van der Waals surface area contributed by atoms with Crippen molar-refractivity contribution in [2.24, 2.45) is 0 Å². The van der Waals surface area contributed by atoms with Gasteiger partial charge in [-0.05, 0) is 48.5 Å². The molecule has 3 rings (SSSR count). The lowest BCUT2D eigenvalue weighted by Gasteiger charge is -2.31. The molecular weight excluding hydrogens is 456 g/mol. The Morgan fingerprint density at radius 2 is 1.41 bits per heavy atom. The quantitative estimate of drug-likeness (QED) is 0.581. The Labute approximate surface area is 187 Å². The Kier molecular flexibility index (Phi) is 6.98. The van der Waals surface area contributed by atoms with Crippen molar-refractivity contribution < 1.29 is 26.4 Å². The molecule has 0 radical (unpaired) electrons. The third-order valence-electron chi connectivity index (χ3n) is 5.07. The number of amides is 2. The van der Waals surface area contributed by atoms with E-state index >= 15 is 0 Å². The largest absolute Gasteiger partial charge is 0.343 e. The average Bonchev–Trinajstić information content (AvgIpc) is 2.79. The molecule has 32 heavy (non-hydrogen) atoms. The fraction of sp³-hybridized carbons (Fsp3) is 0.300. The topological polar surface area (TPSA) is 124 Å². The highest BCUT2D eigenvalue weighted by Gasteiger charge is 2.28. The third-order valence-corrected chi connectivity index (χ3v) is 8.81. The smallest absolute Gasteiger partial charge is 0.255 e. The van der Waals surface area contributed by atoms with Crippen LogP contribution in [0, 0.1) is 0 Å². The molecule has 1 heterocycles. The zero-order valence-electron chi connectivity index (χ0n) is 17.6. The van der Waals surface area contributed by atoms with E-state index < -0.39 is 26.0 Å². The standard InChI is InChI=1S/C20H24N4O6S2/c1-22(2)31(27,28)18-9-5-17(6-10-18)21-20(26)16-3-7-19(8-4-16)32(29,30)24-13-11-23(15-25)12-14-24/h3-10,15H,11-14H2,1-2H3,(H,21,26). The van der Waals surface area contributed by atoms with Crippen LogP contribution < -0.4 is 5.32 Å². The summed E-state index contributed by atoms with van der Waals surface area (Å²) in [5.41, 5.74) is 0.650. The molecule has 2 amide bonds. The molecule has 2 aromatic rings. The number of carbonyl (C=O) groups excluding carboxylic acids is 2. The molecule has 10 nitrogen and oxygen atoms in total. The molecule has 1 aliphatic heterocycles. The molecule has 1 saturated heterocycles. The summed E-state index contributed by atoms with van der Waals surface area (Å²) in [4.78, 5) is 25.0. The highest BCUT2D eigenvalue weighted by molar-refractivity contribution is 7.89. The molecule has 0 unspecified atom stereocenters. The van der Waals surface area contributed by atoms with E-state index in [0.717, 1.165) is 4.31 Å². The second kappa shape index (κ2) is 9.36. The van der Waals surface area contributed by atoms with Crippen LogP contribution >= 0.6 is 0 Å². The zero-order chi connectivity index (χ0) is 23.5. The summed E-state index contributed by atoms with van der Waals surface area (Å²) in [6.45, 7) is 1.08. The van der Waals surface area contributed by atoms with Crippen molar-refractivity contribution in [1.29, 1.82) is 0 Å². The fourth-order valence-corrected chi connectivity index (χ4v) is 5.42. The van der Waals surface area contributed by atoms with Crippen LogP contribution in [-0.2, 0) is 24.8 Å². The molecule has 12 heteroatoms. The van der Waals surface area contributed by atoms with Crippen LogP contribution in [0.1, 0.15) is 10.4 Å². The first-order valence-electron chi connectivity index (χ1n) is 9.69. The van der Waals surface area contributed by atoms with Crippen molar-refractivity contribution in [1.82, 2.24) is 13.5 Å². The normalized spacial score (nSPS) is 15.5. The Morgan fingerprint density at radius 1 is 0.875 bits per heavy atom. The molecule has 1 aliphatic rings. The number of rotatable bonds is 7. The van der Waals surface area contributed by atoms with Gasteiger partial charge in [-0.3, -0.25) is 9.59 Å². The van der Waals surface area contributed by atoms with Crippen molar-refractivity contribution in [2.75, 3.05) is 45.6 Å². The van der Waals surface area contributed by atoms with E-state index in [-0.39, 0.29) is 28.4 Å². The van der Waals surface area contributed by atoms with Gasteiger partial charge in [-0.15, -0.1) is 0 Å². The van der Waals surface area contributed by atoms with Gasteiger partial charge in [0.25, 0.3) is 5.91 Å². The minimum atomic E-state index is -3.72. The van der Waals surface area contributed by atoms with Crippen LogP contribution in [0.25, 0.3) is 0 Å². The molecule has 0 aromatic heterocycles. The molecular formula is C20H24N4O6S2. The van der Waals surface area contributed by atoms with Crippen molar-refractivity contribution in [3.8, 4) is 0 Å². The molecule has 0 aliphatic carbocycles. The average molecular weight is 481 g/mol. The second-order valence-corrected chi connectivity index (χ2v) is 11.4. The fourth-order valence-electron chi connectivity index (χ4n) is 3.10. The van der Waals surface area contributed by atoms with Gasteiger partial charge in [0.15, 0.2) is 0 Å². The third kappa shape index (κ3) is 4.99. The van der Waals surface area contributed by atoms with E-state index in [1.54, 1.807) is 0 Å². The van der Waals surface area contributed by atoms with Crippen molar-refractivity contribution in [3.05, 3.63) is 54.1 Å². The molecule has 1 N–H and O–H groups in total. The number of carbonyl (C=O) groups is 2. The number of hydrogen-bond donors (Lipinski definition) is 1. The van der Waals surface area contributed by atoms with Gasteiger partial charge < -0.3 is 10.2 Å². The van der Waals surface area contributed by atoms with E-state index in [0.29, 0.717) is 25.2 Å². The molecule has 2 aromatic carbocycles. The maximum atomic E-state index is 12.8. The summed E-state index contributed by atoms with van der Waals surface area (Å²) in [6, 6.07) is 11.3. The van der Waals surface area contributed by atoms with Gasteiger partial charge in [-0.25, -0.2) is 21.1 Å². The van der Waals surface area contributed by atoms with E-state index in [1.807, 2.05) is 0 Å². The van der Waals surface area contributed by atoms with Gasteiger partial charge in [0.05, 0.1) is 9.79 Å². The number of nitrogens with zero attached hydrogens (tertiary/aromatic N) is 3. The zero-order valence-corrected chi connectivity index (χ0v) is 19.3. The summed E-state index contributed by atoms with van der Waals surface area (Å²) < 4.78 is 52.2. The first-order chi connectivity index (χ1) is 15.1. The monoisotopic (exact) mass is 480 g/mol. The van der Waals surface area contributed by atoms with Crippen LogP contribution in [0.5, 0.6) is 0 Å². The van der Waals surface area contributed by atoms with Crippen LogP contribution in [-0.4, -0.2) is 82.9 Å². The van der Waals surface area contributed by atoms with E-state index in [4.69, 9.17) is 0 Å². The summed E-state index contributed by atoms with van der Waals surface area (Å²) in [6.07, 6.45) is 0.700. The van der Waals surface area contributed by atoms with Gasteiger partial charge in [0, 0.05) is 51.5 Å². The second-order valence-electron chi connectivity index (χ2n) is 7.34. The van der Waals surface area contributed by atoms with Crippen LogP contribution in [0.15, 0.2) is 58.3 Å². The minimum Gasteiger partial charge on any atom is -0.343 e. The SMILES string of the molecule is CN(C)S(=O)(=O)c1ccc(NC(=O)c2ccc(S(=O)(=O)N3CCN(C=O)CC3)cc2)cc1.